The van der Waals surface area contributed by atoms with Gasteiger partial charge in [-0.15, -0.1) is 0 Å². The molecule has 3 heterocycles. The van der Waals surface area contributed by atoms with Gasteiger partial charge >= 0.3 is 0 Å². The van der Waals surface area contributed by atoms with Gasteiger partial charge in [-0.1, -0.05) is 23.7 Å². The second-order valence-electron chi connectivity index (χ2n) is 7.38. The Morgan fingerprint density at radius 1 is 0.875 bits per heavy atom. The van der Waals surface area contributed by atoms with E-state index >= 15 is 0 Å². The minimum atomic E-state index is 0.557. The summed E-state index contributed by atoms with van der Waals surface area (Å²) in [5.74, 6) is 2.13. The van der Waals surface area contributed by atoms with Crippen molar-refractivity contribution in [3.8, 4) is 5.75 Å². The fraction of sp³-hybridized carbons (Fsp3) is 0.217. The summed E-state index contributed by atoms with van der Waals surface area (Å²) in [6, 6.07) is 15.6. The van der Waals surface area contributed by atoms with Crippen LogP contribution < -0.4 is 19.9 Å². The van der Waals surface area contributed by atoms with Gasteiger partial charge in [0.25, 0.3) is 0 Å². The van der Waals surface area contributed by atoms with Crippen LogP contribution in [-0.4, -0.2) is 53.2 Å². The van der Waals surface area contributed by atoms with E-state index in [1.807, 2.05) is 42.5 Å². The Hall–Kier alpha value is -3.65. The van der Waals surface area contributed by atoms with Crippen LogP contribution in [0.3, 0.4) is 0 Å². The molecule has 1 aliphatic heterocycles. The molecule has 32 heavy (non-hydrogen) atoms. The zero-order valence-electron chi connectivity index (χ0n) is 17.6. The number of rotatable bonds is 5. The Kier molecular flexibility index (Phi) is 5.60. The van der Waals surface area contributed by atoms with Gasteiger partial charge in [0.15, 0.2) is 17.0 Å². The summed E-state index contributed by atoms with van der Waals surface area (Å²) >= 11 is 6.02. The molecule has 0 atom stereocenters. The maximum absolute atomic E-state index is 6.02. The molecule has 2 aromatic carbocycles. The van der Waals surface area contributed by atoms with Gasteiger partial charge < -0.3 is 19.9 Å². The van der Waals surface area contributed by atoms with Crippen molar-refractivity contribution in [2.24, 2.45) is 0 Å². The van der Waals surface area contributed by atoms with E-state index in [4.69, 9.17) is 21.3 Å². The number of ether oxygens (including phenoxy) is 1. The summed E-state index contributed by atoms with van der Waals surface area (Å²) in [4.78, 5) is 22.8. The number of nitrogens with one attached hydrogen (secondary N) is 1. The van der Waals surface area contributed by atoms with Crippen LogP contribution in [0.2, 0.25) is 5.02 Å². The number of piperazine rings is 1. The Labute approximate surface area is 190 Å². The van der Waals surface area contributed by atoms with Crippen molar-refractivity contribution in [2.75, 3.05) is 48.4 Å². The normalized spacial score (nSPS) is 13.9. The monoisotopic (exact) mass is 447 g/mol. The van der Waals surface area contributed by atoms with E-state index in [-0.39, 0.29) is 0 Å². The van der Waals surface area contributed by atoms with Crippen LogP contribution in [0.5, 0.6) is 5.75 Å². The lowest BCUT2D eigenvalue weighted by Crippen LogP contribution is -2.47. The average molecular weight is 448 g/mol. The Morgan fingerprint density at radius 3 is 2.38 bits per heavy atom. The average Bonchev–Trinajstić information content (AvgIpc) is 2.85. The molecule has 5 rings (SSSR count). The van der Waals surface area contributed by atoms with Crippen LogP contribution in [0.1, 0.15) is 0 Å². The standard InChI is InChI=1S/C23H22ClN7O/c1-32-19-5-3-2-4-18(19)30-12-14-31(15-13-30)23-28-21-20(25-10-11-26-21)22(29-23)27-17-8-6-16(24)7-9-17/h2-11H,12-15H2,1H3,(H,26,27,28,29). The molecule has 0 radical (unpaired) electrons. The topological polar surface area (TPSA) is 79.3 Å². The van der Waals surface area contributed by atoms with Crippen molar-refractivity contribution in [1.82, 2.24) is 19.9 Å². The molecule has 4 aromatic rings. The highest BCUT2D eigenvalue weighted by Crippen LogP contribution is 2.30. The van der Waals surface area contributed by atoms with E-state index in [0.29, 0.717) is 28.0 Å². The molecule has 162 valence electrons. The lowest BCUT2D eigenvalue weighted by molar-refractivity contribution is 0.413. The molecule has 9 heteroatoms. The molecule has 2 aromatic heterocycles. The predicted molar refractivity (Wildman–Crippen MR) is 127 cm³/mol. The Bertz CT molecular complexity index is 1230. The Balaban J connectivity index is 1.40. The maximum atomic E-state index is 6.02. The van der Waals surface area contributed by atoms with Crippen molar-refractivity contribution in [3.63, 3.8) is 0 Å². The van der Waals surface area contributed by atoms with E-state index in [2.05, 4.69) is 36.1 Å². The fourth-order valence-corrected chi connectivity index (χ4v) is 3.92. The van der Waals surface area contributed by atoms with E-state index < -0.39 is 0 Å². The van der Waals surface area contributed by atoms with Crippen molar-refractivity contribution in [2.45, 2.75) is 0 Å². The molecule has 1 fully saturated rings. The van der Waals surface area contributed by atoms with Gasteiger partial charge in [-0.25, -0.2) is 9.97 Å². The first kappa shape index (κ1) is 20.3. The van der Waals surface area contributed by atoms with Crippen LogP contribution >= 0.6 is 11.6 Å². The second kappa shape index (κ2) is 8.84. The number of fused-ring (bicyclic) bond motifs is 1. The highest BCUT2D eigenvalue weighted by Gasteiger charge is 2.23. The Morgan fingerprint density at radius 2 is 1.59 bits per heavy atom. The van der Waals surface area contributed by atoms with Crippen molar-refractivity contribution < 1.29 is 4.74 Å². The van der Waals surface area contributed by atoms with Gasteiger partial charge in [0.1, 0.15) is 5.75 Å². The molecule has 0 unspecified atom stereocenters. The molecule has 8 nitrogen and oxygen atoms in total. The van der Waals surface area contributed by atoms with E-state index in [0.717, 1.165) is 43.3 Å². The number of aromatic nitrogens is 4. The molecular weight excluding hydrogens is 426 g/mol. The number of halogens is 1. The number of para-hydroxylation sites is 2. The number of hydrogen-bond acceptors (Lipinski definition) is 8. The lowest BCUT2D eigenvalue weighted by atomic mass is 10.2. The van der Waals surface area contributed by atoms with E-state index in [1.54, 1.807) is 19.5 Å². The van der Waals surface area contributed by atoms with Crippen LogP contribution in [-0.2, 0) is 0 Å². The third kappa shape index (κ3) is 4.09. The first-order chi connectivity index (χ1) is 15.7. The van der Waals surface area contributed by atoms with Crippen LogP contribution in [0.25, 0.3) is 11.2 Å². The van der Waals surface area contributed by atoms with Crippen molar-refractivity contribution in [1.29, 1.82) is 0 Å². The minimum absolute atomic E-state index is 0.557. The molecule has 1 N–H and O–H groups in total. The minimum Gasteiger partial charge on any atom is -0.495 e. The van der Waals surface area contributed by atoms with Crippen molar-refractivity contribution >= 4 is 45.9 Å². The summed E-state index contributed by atoms with van der Waals surface area (Å²) < 4.78 is 5.53. The lowest BCUT2D eigenvalue weighted by Gasteiger charge is -2.36. The SMILES string of the molecule is COc1ccccc1N1CCN(c2nc(Nc3ccc(Cl)cc3)c3nccnc3n2)CC1. The highest BCUT2D eigenvalue weighted by molar-refractivity contribution is 6.30. The van der Waals surface area contributed by atoms with Gasteiger partial charge in [0.05, 0.1) is 12.8 Å². The number of anilines is 4. The largest absolute Gasteiger partial charge is 0.495 e. The molecule has 0 amide bonds. The number of nitrogens with zero attached hydrogens (tertiary/aromatic N) is 6. The number of hydrogen-bond donors (Lipinski definition) is 1. The summed E-state index contributed by atoms with van der Waals surface area (Å²) in [5, 5.41) is 4.01. The summed E-state index contributed by atoms with van der Waals surface area (Å²) in [6.45, 7) is 3.23. The number of methoxy groups -OCH3 is 1. The van der Waals surface area contributed by atoms with Gasteiger partial charge in [0.2, 0.25) is 5.95 Å². The second-order valence-corrected chi connectivity index (χ2v) is 7.82. The molecule has 0 aliphatic carbocycles. The van der Waals surface area contributed by atoms with Gasteiger partial charge in [-0.05, 0) is 36.4 Å². The van der Waals surface area contributed by atoms with Crippen molar-refractivity contribution in [3.05, 3.63) is 65.9 Å². The quantitative estimate of drug-likeness (QED) is 0.488. The summed E-state index contributed by atoms with van der Waals surface area (Å²) in [5.41, 5.74) is 3.15. The molecule has 0 saturated carbocycles. The third-order valence-corrected chi connectivity index (χ3v) is 5.67. The smallest absolute Gasteiger partial charge is 0.229 e. The highest BCUT2D eigenvalue weighted by atomic mass is 35.5. The van der Waals surface area contributed by atoms with E-state index in [1.165, 1.54) is 0 Å². The third-order valence-electron chi connectivity index (χ3n) is 5.42. The maximum Gasteiger partial charge on any atom is 0.229 e. The van der Waals surface area contributed by atoms with Crippen LogP contribution in [0.4, 0.5) is 23.1 Å². The molecule has 1 saturated heterocycles. The van der Waals surface area contributed by atoms with Gasteiger partial charge in [0, 0.05) is 49.3 Å². The van der Waals surface area contributed by atoms with Crippen LogP contribution in [0, 0.1) is 0 Å². The predicted octanol–water partition coefficient (Wildman–Crippen LogP) is 4.15. The zero-order chi connectivity index (χ0) is 21.9. The first-order valence-electron chi connectivity index (χ1n) is 10.4. The molecular formula is C23H22ClN7O. The van der Waals surface area contributed by atoms with E-state index in [9.17, 15) is 0 Å². The number of benzene rings is 2. The molecule has 0 bridgehead atoms. The van der Waals surface area contributed by atoms with Gasteiger partial charge in [-0.3, -0.25) is 0 Å². The molecule has 1 aliphatic rings. The fourth-order valence-electron chi connectivity index (χ4n) is 3.79. The summed E-state index contributed by atoms with van der Waals surface area (Å²) in [6.07, 6.45) is 3.29. The molecule has 0 spiro atoms. The zero-order valence-corrected chi connectivity index (χ0v) is 18.3. The first-order valence-corrected chi connectivity index (χ1v) is 10.7. The summed E-state index contributed by atoms with van der Waals surface area (Å²) in [7, 11) is 1.70. The van der Waals surface area contributed by atoms with Gasteiger partial charge in [-0.2, -0.15) is 9.97 Å². The van der Waals surface area contributed by atoms with Crippen LogP contribution in [0.15, 0.2) is 60.9 Å².